The van der Waals surface area contributed by atoms with Crippen LogP contribution in [0, 0.1) is 0 Å². The molecule has 2 heterocycles. The van der Waals surface area contributed by atoms with Gasteiger partial charge in [-0.1, -0.05) is 23.2 Å². The summed E-state index contributed by atoms with van der Waals surface area (Å²) < 4.78 is 25.6. The molecule has 8 nitrogen and oxygen atoms in total. The lowest BCUT2D eigenvalue weighted by Crippen LogP contribution is -2.39. The quantitative estimate of drug-likeness (QED) is 0.632. The fourth-order valence-electron chi connectivity index (χ4n) is 1.95. The van der Waals surface area contributed by atoms with Gasteiger partial charge in [0.05, 0.1) is 16.6 Å². The number of nitrogens with one attached hydrogen (secondary N) is 2. The van der Waals surface area contributed by atoms with Gasteiger partial charge in [-0.15, -0.1) is 0 Å². The summed E-state index contributed by atoms with van der Waals surface area (Å²) in [5.74, 6) is 0.0125. The molecule has 140 valence electrons. The van der Waals surface area contributed by atoms with Gasteiger partial charge in [0, 0.05) is 38.7 Å². The van der Waals surface area contributed by atoms with E-state index in [2.05, 4.69) is 20.6 Å². The molecule has 0 spiro atoms. The van der Waals surface area contributed by atoms with E-state index in [-0.39, 0.29) is 18.0 Å². The lowest BCUT2D eigenvalue weighted by atomic mass is 10.4. The van der Waals surface area contributed by atoms with Crippen LogP contribution in [-0.4, -0.2) is 55.3 Å². The Hall–Kier alpha value is -1.94. The minimum atomic E-state index is -3.76. The van der Waals surface area contributed by atoms with E-state index in [1.54, 1.807) is 6.07 Å². The SMILES string of the molecule is CN(CC(=O)NCCNc1ncc(Cl)cc1Cl)S(=O)(=O)c1cccnc1. The summed E-state index contributed by atoms with van der Waals surface area (Å²) in [4.78, 5) is 19.8. The zero-order chi connectivity index (χ0) is 19.2. The molecule has 1 amide bonds. The largest absolute Gasteiger partial charge is 0.367 e. The van der Waals surface area contributed by atoms with Gasteiger partial charge in [0.2, 0.25) is 15.9 Å². The Kier molecular flexibility index (Phi) is 7.15. The summed E-state index contributed by atoms with van der Waals surface area (Å²) in [6.07, 6.45) is 4.16. The molecule has 0 atom stereocenters. The molecule has 0 unspecified atom stereocenters. The summed E-state index contributed by atoms with van der Waals surface area (Å²) in [7, 11) is -2.43. The highest BCUT2D eigenvalue weighted by molar-refractivity contribution is 7.89. The van der Waals surface area contributed by atoms with Gasteiger partial charge in [-0.2, -0.15) is 4.31 Å². The third-order valence-corrected chi connectivity index (χ3v) is 5.54. The van der Waals surface area contributed by atoms with E-state index in [0.717, 1.165) is 4.31 Å². The summed E-state index contributed by atoms with van der Waals surface area (Å²) in [5, 5.41) is 6.36. The van der Waals surface area contributed by atoms with Gasteiger partial charge in [0.15, 0.2) is 0 Å². The van der Waals surface area contributed by atoms with Crippen molar-refractivity contribution in [3.8, 4) is 0 Å². The van der Waals surface area contributed by atoms with Crippen LogP contribution in [0.1, 0.15) is 0 Å². The highest BCUT2D eigenvalue weighted by Crippen LogP contribution is 2.22. The smallest absolute Gasteiger partial charge is 0.244 e. The number of rotatable bonds is 8. The Morgan fingerprint density at radius 2 is 2.04 bits per heavy atom. The number of likely N-dealkylation sites (N-methyl/N-ethyl adjacent to an activating group) is 1. The predicted octanol–water partition coefficient (Wildman–Crippen LogP) is 1.63. The number of anilines is 1. The topological polar surface area (TPSA) is 104 Å². The molecule has 11 heteroatoms. The van der Waals surface area contributed by atoms with Crippen molar-refractivity contribution < 1.29 is 13.2 Å². The maximum atomic E-state index is 12.3. The lowest BCUT2D eigenvalue weighted by molar-refractivity contribution is -0.121. The van der Waals surface area contributed by atoms with Crippen molar-refractivity contribution in [3.05, 3.63) is 46.8 Å². The van der Waals surface area contributed by atoms with Gasteiger partial charge >= 0.3 is 0 Å². The molecule has 0 fully saturated rings. The van der Waals surface area contributed by atoms with Crippen molar-refractivity contribution in [2.75, 3.05) is 32.0 Å². The van der Waals surface area contributed by atoms with Gasteiger partial charge < -0.3 is 10.6 Å². The molecule has 26 heavy (non-hydrogen) atoms. The van der Waals surface area contributed by atoms with Crippen molar-refractivity contribution in [3.63, 3.8) is 0 Å². The average Bonchev–Trinajstić information content (AvgIpc) is 2.61. The van der Waals surface area contributed by atoms with Crippen molar-refractivity contribution in [2.24, 2.45) is 0 Å². The Morgan fingerprint density at radius 1 is 1.27 bits per heavy atom. The normalized spacial score (nSPS) is 11.4. The van der Waals surface area contributed by atoms with Gasteiger partial charge in [-0.05, 0) is 18.2 Å². The molecule has 0 radical (unpaired) electrons. The predicted molar refractivity (Wildman–Crippen MR) is 99.8 cm³/mol. The van der Waals surface area contributed by atoms with Crippen LogP contribution in [-0.2, 0) is 14.8 Å². The van der Waals surface area contributed by atoms with Crippen LogP contribution in [0.15, 0.2) is 41.7 Å². The number of nitrogens with zero attached hydrogens (tertiary/aromatic N) is 3. The summed E-state index contributed by atoms with van der Waals surface area (Å²) in [6, 6.07) is 4.49. The highest BCUT2D eigenvalue weighted by atomic mass is 35.5. The average molecular weight is 418 g/mol. The van der Waals surface area contributed by atoms with Crippen molar-refractivity contribution >= 4 is 45.0 Å². The number of hydrogen-bond donors (Lipinski definition) is 2. The monoisotopic (exact) mass is 417 g/mol. The van der Waals surface area contributed by atoms with Gasteiger partial charge in [-0.3, -0.25) is 9.78 Å². The minimum absolute atomic E-state index is 0.0282. The molecule has 0 bridgehead atoms. The number of halogens is 2. The minimum Gasteiger partial charge on any atom is -0.367 e. The number of aromatic nitrogens is 2. The molecule has 2 aromatic rings. The van der Waals surface area contributed by atoms with Crippen molar-refractivity contribution in [1.82, 2.24) is 19.6 Å². The Bertz CT molecular complexity index is 865. The fourth-order valence-corrected chi connectivity index (χ4v) is 3.49. The molecule has 0 aliphatic carbocycles. The van der Waals surface area contributed by atoms with E-state index >= 15 is 0 Å². The van der Waals surface area contributed by atoms with Crippen LogP contribution >= 0.6 is 23.2 Å². The Labute approximate surface area is 161 Å². The van der Waals surface area contributed by atoms with E-state index in [1.807, 2.05) is 0 Å². The van der Waals surface area contributed by atoms with Crippen molar-refractivity contribution in [1.29, 1.82) is 0 Å². The fraction of sp³-hybridized carbons (Fsp3) is 0.267. The number of carbonyl (C=O) groups is 1. The van der Waals surface area contributed by atoms with Gasteiger partial charge in [0.1, 0.15) is 10.7 Å². The van der Waals surface area contributed by atoms with Gasteiger partial charge in [0.25, 0.3) is 0 Å². The van der Waals surface area contributed by atoms with Crippen LogP contribution < -0.4 is 10.6 Å². The number of pyridine rings is 2. The first-order chi connectivity index (χ1) is 12.3. The maximum Gasteiger partial charge on any atom is 0.244 e. The lowest BCUT2D eigenvalue weighted by Gasteiger charge is -2.16. The second-order valence-electron chi connectivity index (χ2n) is 5.21. The van der Waals surface area contributed by atoms with Crippen LogP contribution in [0.3, 0.4) is 0 Å². The summed E-state index contributed by atoms with van der Waals surface area (Å²) in [6.45, 7) is 0.316. The maximum absolute atomic E-state index is 12.3. The number of sulfonamides is 1. The number of hydrogen-bond acceptors (Lipinski definition) is 6. The first-order valence-corrected chi connectivity index (χ1v) is 9.68. The molecule has 0 aliphatic heterocycles. The second-order valence-corrected chi connectivity index (χ2v) is 8.10. The Balaban J connectivity index is 1.79. The summed E-state index contributed by atoms with van der Waals surface area (Å²) in [5.41, 5.74) is 0. The van der Waals surface area contributed by atoms with Crippen molar-refractivity contribution in [2.45, 2.75) is 4.90 Å². The number of carbonyl (C=O) groups excluding carboxylic acids is 1. The van der Waals surface area contributed by atoms with Crippen LogP contribution in [0.5, 0.6) is 0 Å². The molecule has 0 saturated carbocycles. The molecule has 2 aromatic heterocycles. The summed E-state index contributed by atoms with van der Waals surface area (Å²) >= 11 is 11.7. The van der Waals surface area contributed by atoms with E-state index in [4.69, 9.17) is 23.2 Å². The molecule has 2 N–H and O–H groups in total. The zero-order valence-corrected chi connectivity index (χ0v) is 16.1. The zero-order valence-electron chi connectivity index (χ0n) is 13.8. The van der Waals surface area contributed by atoms with Gasteiger partial charge in [-0.25, -0.2) is 13.4 Å². The van der Waals surface area contributed by atoms with Crippen LogP contribution in [0.25, 0.3) is 0 Å². The molecule has 0 saturated heterocycles. The Morgan fingerprint density at radius 3 is 2.69 bits per heavy atom. The van der Waals surface area contributed by atoms with E-state index in [9.17, 15) is 13.2 Å². The standard InChI is InChI=1S/C15H17Cl2N5O3S/c1-22(26(24,25)12-3-2-4-18-9-12)10-14(23)19-5-6-20-15-13(17)7-11(16)8-21-15/h2-4,7-9H,5-6,10H2,1H3,(H,19,23)(H,20,21). The first kappa shape index (κ1) is 20.4. The second kappa shape index (κ2) is 9.13. The third kappa shape index (κ3) is 5.53. The molecular weight excluding hydrogens is 401 g/mol. The molecule has 0 aliphatic rings. The first-order valence-electron chi connectivity index (χ1n) is 7.48. The molecule has 2 rings (SSSR count). The van der Waals surface area contributed by atoms with Crippen LogP contribution in [0.4, 0.5) is 5.82 Å². The van der Waals surface area contributed by atoms with Crippen LogP contribution in [0.2, 0.25) is 10.0 Å². The molecule has 0 aromatic carbocycles. The van der Waals surface area contributed by atoms with E-state index in [0.29, 0.717) is 22.4 Å². The molecular formula is C15H17Cl2N5O3S. The van der Waals surface area contributed by atoms with E-state index < -0.39 is 15.9 Å². The number of amides is 1. The third-order valence-electron chi connectivity index (χ3n) is 3.26. The van der Waals surface area contributed by atoms with E-state index in [1.165, 1.54) is 37.8 Å². The highest BCUT2D eigenvalue weighted by Gasteiger charge is 2.22.